The fraction of sp³-hybridized carbons (Fsp3) is 0.550. The highest BCUT2D eigenvalue weighted by Crippen LogP contribution is 2.44. The average Bonchev–Trinajstić information content (AvgIpc) is 3.27. The normalized spacial score (nSPS) is 27.2. The lowest BCUT2D eigenvalue weighted by Crippen LogP contribution is -2.39. The van der Waals surface area contributed by atoms with E-state index in [1.807, 2.05) is 24.4 Å². The first-order valence-electron chi connectivity index (χ1n) is 9.20. The van der Waals surface area contributed by atoms with Crippen molar-refractivity contribution in [2.75, 3.05) is 0 Å². The Morgan fingerprint density at radius 2 is 2.00 bits per heavy atom. The number of hydrogen-bond acceptors (Lipinski definition) is 5. The van der Waals surface area contributed by atoms with E-state index in [4.69, 9.17) is 4.74 Å². The van der Waals surface area contributed by atoms with Crippen molar-refractivity contribution < 1.29 is 14.3 Å². The van der Waals surface area contributed by atoms with E-state index >= 15 is 0 Å². The van der Waals surface area contributed by atoms with Gasteiger partial charge >= 0.3 is 5.97 Å². The molecule has 5 heteroatoms. The highest BCUT2D eigenvalue weighted by Gasteiger charge is 2.44. The molecular formula is C20H23NO3S. The molecular weight excluding hydrogens is 334 g/mol. The maximum atomic E-state index is 13.0. The molecule has 25 heavy (non-hydrogen) atoms. The van der Waals surface area contributed by atoms with Crippen LogP contribution in [0.15, 0.2) is 33.8 Å². The fourth-order valence-corrected chi connectivity index (χ4v) is 5.25. The molecule has 1 aliphatic heterocycles. The van der Waals surface area contributed by atoms with E-state index in [9.17, 15) is 9.59 Å². The van der Waals surface area contributed by atoms with Crippen molar-refractivity contribution in [3.05, 3.63) is 33.7 Å². The number of Topliss-reactive ketones (excluding diaryl/α,β-unsaturated/α-hetero) is 1. The number of thiophene rings is 1. The van der Waals surface area contributed by atoms with Crippen molar-refractivity contribution in [3.63, 3.8) is 0 Å². The lowest BCUT2D eigenvalue weighted by molar-refractivity contribution is -0.144. The van der Waals surface area contributed by atoms with E-state index < -0.39 is 0 Å². The Labute approximate surface area is 152 Å². The minimum Gasteiger partial charge on any atom is -0.459 e. The Balaban J connectivity index is 1.73. The maximum absolute atomic E-state index is 13.0. The largest absolute Gasteiger partial charge is 0.459 e. The number of rotatable bonds is 3. The molecule has 0 bridgehead atoms. The SMILES string of the molecule is CC1=C(C(=O)OC2CCCC2)C(c2cccs2)C2C(=O)CCCC2=N1. The first-order chi connectivity index (χ1) is 12.1. The molecule has 0 aromatic carbocycles. The molecule has 0 saturated heterocycles. The van der Waals surface area contributed by atoms with E-state index in [1.165, 1.54) is 0 Å². The number of nitrogens with zero attached hydrogens (tertiary/aromatic N) is 1. The highest BCUT2D eigenvalue weighted by atomic mass is 32.1. The second-order valence-electron chi connectivity index (χ2n) is 7.20. The number of ketones is 1. The molecule has 2 fully saturated rings. The maximum Gasteiger partial charge on any atom is 0.336 e. The van der Waals surface area contributed by atoms with Gasteiger partial charge in [-0.3, -0.25) is 9.79 Å². The van der Waals surface area contributed by atoms with Crippen molar-refractivity contribution >= 4 is 28.8 Å². The summed E-state index contributed by atoms with van der Waals surface area (Å²) in [5.74, 6) is -0.581. The number of aliphatic imine (C=N–C) groups is 1. The van der Waals surface area contributed by atoms with E-state index in [1.54, 1.807) is 11.3 Å². The van der Waals surface area contributed by atoms with Crippen LogP contribution in [0, 0.1) is 5.92 Å². The first-order valence-corrected chi connectivity index (χ1v) is 10.1. The fourth-order valence-electron chi connectivity index (χ4n) is 4.38. The van der Waals surface area contributed by atoms with Gasteiger partial charge < -0.3 is 4.74 Å². The van der Waals surface area contributed by atoms with Crippen molar-refractivity contribution in [1.29, 1.82) is 0 Å². The third-order valence-corrected chi connectivity index (χ3v) is 6.51. The summed E-state index contributed by atoms with van der Waals surface area (Å²) in [5, 5.41) is 2.00. The van der Waals surface area contributed by atoms with E-state index in [0.29, 0.717) is 12.0 Å². The first kappa shape index (κ1) is 16.7. The van der Waals surface area contributed by atoms with Gasteiger partial charge in [0.05, 0.1) is 11.5 Å². The van der Waals surface area contributed by atoms with Crippen LogP contribution in [0.25, 0.3) is 0 Å². The topological polar surface area (TPSA) is 55.7 Å². The smallest absolute Gasteiger partial charge is 0.336 e. The van der Waals surface area contributed by atoms with Crippen molar-refractivity contribution in [2.45, 2.75) is 63.9 Å². The summed E-state index contributed by atoms with van der Waals surface area (Å²) in [7, 11) is 0. The molecule has 1 aromatic rings. The molecule has 0 N–H and O–H groups in total. The van der Waals surface area contributed by atoms with Gasteiger partial charge in [0.1, 0.15) is 11.9 Å². The molecule has 2 unspecified atom stereocenters. The van der Waals surface area contributed by atoms with E-state index in [-0.39, 0.29) is 29.7 Å². The lowest BCUT2D eigenvalue weighted by Gasteiger charge is -2.35. The van der Waals surface area contributed by atoms with Crippen LogP contribution in [-0.4, -0.2) is 23.6 Å². The van der Waals surface area contributed by atoms with Crippen molar-refractivity contribution in [3.8, 4) is 0 Å². The average molecular weight is 357 g/mol. The molecule has 2 heterocycles. The zero-order chi connectivity index (χ0) is 17.4. The number of fused-ring (bicyclic) bond motifs is 1. The minimum atomic E-state index is -0.290. The highest BCUT2D eigenvalue weighted by molar-refractivity contribution is 7.10. The number of hydrogen-bond donors (Lipinski definition) is 0. The van der Waals surface area contributed by atoms with Crippen LogP contribution >= 0.6 is 11.3 Å². The van der Waals surface area contributed by atoms with Gasteiger partial charge in [0.2, 0.25) is 0 Å². The molecule has 2 saturated carbocycles. The third kappa shape index (κ3) is 3.10. The summed E-state index contributed by atoms with van der Waals surface area (Å²) in [6.45, 7) is 1.88. The number of allylic oxidation sites excluding steroid dienone is 1. The van der Waals surface area contributed by atoms with Crippen LogP contribution in [0.5, 0.6) is 0 Å². The third-order valence-electron chi connectivity index (χ3n) is 5.55. The second-order valence-corrected chi connectivity index (χ2v) is 8.18. The van der Waals surface area contributed by atoms with Crippen LogP contribution < -0.4 is 0 Å². The predicted octanol–water partition coefficient (Wildman–Crippen LogP) is 4.42. The van der Waals surface area contributed by atoms with Gasteiger partial charge in [0.25, 0.3) is 0 Å². The number of carbonyl (C=O) groups excluding carboxylic acids is 2. The van der Waals surface area contributed by atoms with E-state index in [0.717, 1.165) is 54.8 Å². The summed E-state index contributed by atoms with van der Waals surface area (Å²) >= 11 is 1.60. The van der Waals surface area contributed by atoms with Crippen LogP contribution in [0.1, 0.15) is 62.7 Å². The minimum absolute atomic E-state index is 0.0178. The van der Waals surface area contributed by atoms with Gasteiger partial charge in [0.15, 0.2) is 0 Å². The Bertz CT molecular complexity index is 741. The summed E-state index contributed by atoms with van der Waals surface area (Å²) in [6.07, 6.45) is 6.43. The number of ether oxygens (including phenoxy) is 1. The standard InChI is InChI=1S/C20H23NO3S/c1-12-17(20(23)24-13-6-2-3-7-13)19(16-10-5-11-25-16)18-14(21-12)8-4-9-15(18)22/h5,10-11,13,18-19H,2-4,6-9H2,1H3. The van der Waals surface area contributed by atoms with Gasteiger partial charge in [-0.15, -0.1) is 11.3 Å². The molecule has 4 rings (SSSR count). The monoisotopic (exact) mass is 357 g/mol. The van der Waals surface area contributed by atoms with Crippen LogP contribution in [0.3, 0.4) is 0 Å². The van der Waals surface area contributed by atoms with Gasteiger partial charge in [-0.25, -0.2) is 4.79 Å². The predicted molar refractivity (Wildman–Crippen MR) is 97.9 cm³/mol. The summed E-state index contributed by atoms with van der Waals surface area (Å²) < 4.78 is 5.79. The lowest BCUT2D eigenvalue weighted by atomic mass is 9.71. The van der Waals surface area contributed by atoms with Gasteiger partial charge in [-0.05, 0) is 56.9 Å². The Morgan fingerprint density at radius 1 is 1.20 bits per heavy atom. The Kier molecular flexibility index (Phi) is 4.59. The van der Waals surface area contributed by atoms with Gasteiger partial charge in [-0.2, -0.15) is 0 Å². The van der Waals surface area contributed by atoms with Gasteiger partial charge in [0, 0.05) is 28.6 Å². The molecule has 0 radical (unpaired) electrons. The Morgan fingerprint density at radius 3 is 2.72 bits per heavy atom. The zero-order valence-corrected chi connectivity index (χ0v) is 15.3. The molecule has 2 atom stereocenters. The second kappa shape index (κ2) is 6.87. The molecule has 1 aromatic heterocycles. The summed E-state index contributed by atoms with van der Waals surface area (Å²) in [5.41, 5.74) is 2.27. The van der Waals surface area contributed by atoms with Crippen LogP contribution in [0.4, 0.5) is 0 Å². The molecule has 0 spiro atoms. The van der Waals surface area contributed by atoms with Crippen LogP contribution in [0.2, 0.25) is 0 Å². The molecule has 2 aliphatic carbocycles. The number of esters is 1. The van der Waals surface area contributed by atoms with Crippen LogP contribution in [-0.2, 0) is 14.3 Å². The molecule has 3 aliphatic rings. The van der Waals surface area contributed by atoms with Crippen molar-refractivity contribution in [2.24, 2.45) is 10.9 Å². The molecule has 132 valence electrons. The molecule has 4 nitrogen and oxygen atoms in total. The summed E-state index contributed by atoms with van der Waals surface area (Å²) in [6, 6.07) is 4.00. The zero-order valence-electron chi connectivity index (χ0n) is 14.5. The Hall–Kier alpha value is -1.75. The quantitative estimate of drug-likeness (QED) is 0.753. The van der Waals surface area contributed by atoms with Gasteiger partial charge in [-0.1, -0.05) is 6.07 Å². The van der Waals surface area contributed by atoms with Crippen molar-refractivity contribution in [1.82, 2.24) is 0 Å². The summed E-state index contributed by atoms with van der Waals surface area (Å²) in [4.78, 5) is 31.4. The number of carbonyl (C=O) groups is 2. The van der Waals surface area contributed by atoms with E-state index in [2.05, 4.69) is 4.99 Å². The molecule has 0 amide bonds.